The SMILES string of the molecule is C[C@]1(CF)COC(CF)(CF)C(N)=N1. The van der Waals surface area contributed by atoms with E-state index in [4.69, 9.17) is 10.5 Å². The van der Waals surface area contributed by atoms with Gasteiger partial charge in [0.05, 0.1) is 6.61 Å². The first-order chi connectivity index (χ1) is 6.52. The van der Waals surface area contributed by atoms with Crippen LogP contribution in [0, 0.1) is 0 Å². The van der Waals surface area contributed by atoms with E-state index in [0.717, 1.165) is 0 Å². The molecule has 3 nitrogen and oxygen atoms in total. The number of halogens is 3. The third-order valence-electron chi connectivity index (χ3n) is 2.24. The fraction of sp³-hybridized carbons (Fsp3) is 0.875. The summed E-state index contributed by atoms with van der Waals surface area (Å²) < 4.78 is 42.4. The minimum Gasteiger partial charge on any atom is -0.385 e. The summed E-state index contributed by atoms with van der Waals surface area (Å²) in [5, 5.41) is 0. The van der Waals surface area contributed by atoms with Gasteiger partial charge in [0.15, 0.2) is 5.60 Å². The van der Waals surface area contributed by atoms with E-state index < -0.39 is 31.2 Å². The van der Waals surface area contributed by atoms with E-state index in [1.165, 1.54) is 6.92 Å². The molecule has 1 aliphatic heterocycles. The van der Waals surface area contributed by atoms with Crippen LogP contribution < -0.4 is 5.73 Å². The first kappa shape index (κ1) is 11.3. The molecule has 0 aromatic rings. The number of amidine groups is 1. The van der Waals surface area contributed by atoms with Gasteiger partial charge in [-0.2, -0.15) is 0 Å². The Morgan fingerprint density at radius 1 is 1.36 bits per heavy atom. The largest absolute Gasteiger partial charge is 0.385 e. The molecule has 0 aromatic heterocycles. The van der Waals surface area contributed by atoms with Gasteiger partial charge in [-0.15, -0.1) is 0 Å². The van der Waals surface area contributed by atoms with E-state index in [1.807, 2.05) is 0 Å². The van der Waals surface area contributed by atoms with Crippen LogP contribution in [0.25, 0.3) is 0 Å². The number of ether oxygens (including phenoxy) is 1. The molecule has 14 heavy (non-hydrogen) atoms. The second-order valence-corrected chi connectivity index (χ2v) is 3.68. The topological polar surface area (TPSA) is 47.6 Å². The lowest BCUT2D eigenvalue weighted by atomic mass is 9.99. The molecular formula is C8H13F3N2O. The molecule has 6 heteroatoms. The summed E-state index contributed by atoms with van der Waals surface area (Å²) in [5.41, 5.74) is 2.45. The van der Waals surface area contributed by atoms with Crippen molar-refractivity contribution in [1.82, 2.24) is 0 Å². The van der Waals surface area contributed by atoms with Gasteiger partial charge in [0.25, 0.3) is 0 Å². The highest BCUT2D eigenvalue weighted by molar-refractivity contribution is 5.90. The van der Waals surface area contributed by atoms with Crippen LogP contribution in [0.1, 0.15) is 6.92 Å². The lowest BCUT2D eigenvalue weighted by molar-refractivity contribution is -0.0591. The molecule has 0 saturated heterocycles. The summed E-state index contributed by atoms with van der Waals surface area (Å²) in [6.45, 7) is -1.66. The van der Waals surface area contributed by atoms with E-state index in [0.29, 0.717) is 0 Å². The zero-order valence-corrected chi connectivity index (χ0v) is 7.90. The maximum Gasteiger partial charge on any atom is 0.181 e. The summed E-state index contributed by atoms with van der Waals surface area (Å²) in [5.74, 6) is -0.311. The minimum atomic E-state index is -1.80. The van der Waals surface area contributed by atoms with Crippen molar-refractivity contribution in [3.05, 3.63) is 0 Å². The molecule has 1 atom stereocenters. The van der Waals surface area contributed by atoms with Crippen molar-refractivity contribution in [2.45, 2.75) is 18.1 Å². The van der Waals surface area contributed by atoms with Gasteiger partial charge in [0.1, 0.15) is 31.4 Å². The van der Waals surface area contributed by atoms with Gasteiger partial charge in [0.2, 0.25) is 0 Å². The normalized spacial score (nSPS) is 31.3. The highest BCUT2D eigenvalue weighted by atomic mass is 19.1. The number of nitrogens with zero attached hydrogens (tertiary/aromatic N) is 1. The van der Waals surface area contributed by atoms with E-state index in [-0.39, 0.29) is 12.4 Å². The Kier molecular flexibility index (Phi) is 3.04. The van der Waals surface area contributed by atoms with Crippen LogP contribution in [-0.4, -0.2) is 43.6 Å². The van der Waals surface area contributed by atoms with E-state index in [2.05, 4.69) is 4.99 Å². The zero-order chi connectivity index (χ0) is 10.8. The summed E-state index contributed by atoms with van der Waals surface area (Å²) in [4.78, 5) is 3.74. The maximum absolute atomic E-state index is 12.5. The zero-order valence-electron chi connectivity index (χ0n) is 7.90. The Morgan fingerprint density at radius 2 is 1.93 bits per heavy atom. The molecule has 1 rings (SSSR count). The van der Waals surface area contributed by atoms with E-state index >= 15 is 0 Å². The average Bonchev–Trinajstić information content (AvgIpc) is 2.19. The molecule has 1 aliphatic rings. The number of aliphatic imine (C=N–C) groups is 1. The van der Waals surface area contributed by atoms with E-state index in [9.17, 15) is 13.2 Å². The standard InChI is InChI=1S/C8H13F3N2O/c1-7(2-9)5-14-8(3-10,4-11)6(12)13-7/h2-5H2,1H3,(H2,12,13)/t7-/m0/s1. The van der Waals surface area contributed by atoms with Crippen LogP contribution in [0.2, 0.25) is 0 Å². The van der Waals surface area contributed by atoms with Gasteiger partial charge >= 0.3 is 0 Å². The molecule has 0 spiro atoms. The second kappa shape index (κ2) is 3.76. The first-order valence-corrected chi connectivity index (χ1v) is 4.19. The molecule has 0 aromatic carbocycles. The van der Waals surface area contributed by atoms with Crippen LogP contribution in [0.3, 0.4) is 0 Å². The van der Waals surface area contributed by atoms with Crippen molar-refractivity contribution >= 4 is 5.84 Å². The lowest BCUT2D eigenvalue weighted by Crippen LogP contribution is -2.58. The smallest absolute Gasteiger partial charge is 0.181 e. The van der Waals surface area contributed by atoms with Crippen LogP contribution in [-0.2, 0) is 4.74 Å². The molecule has 0 aliphatic carbocycles. The quantitative estimate of drug-likeness (QED) is 0.748. The number of rotatable bonds is 3. The highest BCUT2D eigenvalue weighted by Gasteiger charge is 2.44. The molecule has 0 radical (unpaired) electrons. The predicted molar refractivity (Wildman–Crippen MR) is 46.6 cm³/mol. The Morgan fingerprint density at radius 3 is 2.29 bits per heavy atom. The van der Waals surface area contributed by atoms with Gasteiger partial charge in [-0.1, -0.05) is 0 Å². The Hall–Kier alpha value is -0.780. The predicted octanol–water partition coefficient (Wildman–Crippen LogP) is 0.780. The molecule has 0 saturated carbocycles. The average molecular weight is 210 g/mol. The van der Waals surface area contributed by atoms with Gasteiger partial charge in [-0.05, 0) is 6.92 Å². The third kappa shape index (κ3) is 1.70. The molecule has 2 N–H and O–H groups in total. The lowest BCUT2D eigenvalue weighted by Gasteiger charge is -2.37. The minimum absolute atomic E-state index is 0.169. The van der Waals surface area contributed by atoms with Crippen LogP contribution >= 0.6 is 0 Å². The van der Waals surface area contributed by atoms with Crippen molar-refractivity contribution in [2.24, 2.45) is 10.7 Å². The van der Waals surface area contributed by atoms with Crippen LogP contribution in [0.5, 0.6) is 0 Å². The third-order valence-corrected chi connectivity index (χ3v) is 2.24. The van der Waals surface area contributed by atoms with Gasteiger partial charge in [-0.25, -0.2) is 13.2 Å². The Labute approximate surface area is 80.1 Å². The first-order valence-electron chi connectivity index (χ1n) is 4.19. The second-order valence-electron chi connectivity index (χ2n) is 3.68. The van der Waals surface area contributed by atoms with E-state index in [1.54, 1.807) is 0 Å². The Balaban J connectivity index is 2.95. The van der Waals surface area contributed by atoms with Crippen LogP contribution in [0.4, 0.5) is 13.2 Å². The van der Waals surface area contributed by atoms with Gasteiger partial charge in [-0.3, -0.25) is 4.99 Å². The monoisotopic (exact) mass is 210 g/mol. The fourth-order valence-electron chi connectivity index (χ4n) is 1.11. The highest BCUT2D eigenvalue weighted by Crippen LogP contribution is 2.25. The van der Waals surface area contributed by atoms with Gasteiger partial charge in [0, 0.05) is 0 Å². The molecule has 0 bridgehead atoms. The summed E-state index contributed by atoms with van der Waals surface area (Å²) in [6.07, 6.45) is 0. The number of alkyl halides is 3. The molecule has 0 fully saturated rings. The molecule has 0 amide bonds. The van der Waals surface area contributed by atoms with Crippen molar-refractivity contribution in [3.8, 4) is 0 Å². The summed E-state index contributed by atoms with van der Waals surface area (Å²) in [7, 11) is 0. The maximum atomic E-state index is 12.5. The van der Waals surface area contributed by atoms with Crippen molar-refractivity contribution < 1.29 is 17.9 Å². The fourth-order valence-corrected chi connectivity index (χ4v) is 1.11. The van der Waals surface area contributed by atoms with Crippen molar-refractivity contribution in [3.63, 3.8) is 0 Å². The molecule has 82 valence electrons. The molecular weight excluding hydrogens is 197 g/mol. The summed E-state index contributed by atoms with van der Waals surface area (Å²) >= 11 is 0. The number of hydrogen-bond donors (Lipinski definition) is 1. The van der Waals surface area contributed by atoms with Gasteiger partial charge < -0.3 is 10.5 Å². The number of nitrogens with two attached hydrogens (primary N) is 1. The van der Waals surface area contributed by atoms with Crippen LogP contribution in [0.15, 0.2) is 4.99 Å². The Bertz CT molecular complexity index is 243. The van der Waals surface area contributed by atoms with Crippen molar-refractivity contribution in [2.75, 3.05) is 26.6 Å². The van der Waals surface area contributed by atoms with Crippen molar-refractivity contribution in [1.29, 1.82) is 0 Å². The summed E-state index contributed by atoms with van der Waals surface area (Å²) in [6, 6.07) is 0. The number of hydrogen-bond acceptors (Lipinski definition) is 3. The molecule has 0 unspecified atom stereocenters. The molecule has 1 heterocycles.